The highest BCUT2D eigenvalue weighted by molar-refractivity contribution is 14.1. The Bertz CT molecular complexity index is 1740. The maximum atomic E-state index is 13.9. The van der Waals surface area contributed by atoms with E-state index in [9.17, 15) is 59.4 Å². The summed E-state index contributed by atoms with van der Waals surface area (Å²) in [5, 5.41) is 92.5. The summed E-state index contributed by atoms with van der Waals surface area (Å²) in [6.45, 7) is -6.36. The maximum absolute atomic E-state index is 13.9. The van der Waals surface area contributed by atoms with Crippen molar-refractivity contribution in [2.75, 3.05) is 76.5 Å². The lowest BCUT2D eigenvalue weighted by Crippen LogP contribution is -2.50. The SMILES string of the molecule is O=C(CO)Nc1c(I)c(C(=O)NCC(O)CO)c(I)c(C(=O)NCC(CO)(CO)CNC(=O)c2c(I)c(NC(=O)CO)c(I)c(C(=O)NCC(O)CO)c2I)c1I. The molecule has 0 aliphatic rings. The van der Waals surface area contributed by atoms with Gasteiger partial charge in [-0.25, -0.2) is 0 Å². The van der Waals surface area contributed by atoms with Crippen LogP contribution in [0.15, 0.2) is 0 Å². The molecule has 0 spiro atoms. The number of hydrogen-bond donors (Lipinski definition) is 14. The van der Waals surface area contributed by atoms with Crippen LogP contribution in [-0.2, 0) is 9.59 Å². The van der Waals surface area contributed by atoms with Crippen LogP contribution in [-0.4, -0.2) is 154 Å². The van der Waals surface area contributed by atoms with Gasteiger partial charge in [-0.3, -0.25) is 28.8 Å². The summed E-state index contributed by atoms with van der Waals surface area (Å²) in [6, 6.07) is 0. The zero-order valence-corrected chi connectivity index (χ0v) is 42.0. The number of nitrogens with one attached hydrogen (secondary N) is 6. The highest BCUT2D eigenvalue weighted by Crippen LogP contribution is 2.37. The lowest BCUT2D eigenvalue weighted by molar-refractivity contribution is -0.119. The average Bonchev–Trinajstić information content (AvgIpc) is 3.19. The summed E-state index contributed by atoms with van der Waals surface area (Å²) < 4.78 is 0.860. The second kappa shape index (κ2) is 24.7. The average molecular weight is 1480 g/mol. The minimum Gasteiger partial charge on any atom is -0.396 e. The molecule has 0 fully saturated rings. The van der Waals surface area contributed by atoms with E-state index in [1.165, 1.54) is 0 Å². The normalized spacial score (nSPS) is 12.3. The number of benzene rings is 2. The van der Waals surface area contributed by atoms with Gasteiger partial charge in [0.1, 0.15) is 13.2 Å². The van der Waals surface area contributed by atoms with Crippen LogP contribution in [0.25, 0.3) is 0 Å². The Morgan fingerprint density at radius 1 is 0.474 bits per heavy atom. The molecule has 2 rings (SSSR count). The fourth-order valence-corrected chi connectivity index (χ4v) is 13.3. The van der Waals surface area contributed by atoms with E-state index in [4.69, 9.17) is 10.2 Å². The molecule has 0 radical (unpaired) electrons. The summed E-state index contributed by atoms with van der Waals surface area (Å²) in [7, 11) is 0. The van der Waals surface area contributed by atoms with Gasteiger partial charge in [-0.1, -0.05) is 0 Å². The van der Waals surface area contributed by atoms with Crippen LogP contribution in [0.1, 0.15) is 41.4 Å². The van der Waals surface area contributed by atoms with Crippen molar-refractivity contribution in [1.82, 2.24) is 21.3 Å². The first-order chi connectivity index (χ1) is 26.8. The van der Waals surface area contributed by atoms with E-state index in [1.807, 2.05) is 0 Å². The van der Waals surface area contributed by atoms with Gasteiger partial charge in [-0.15, -0.1) is 0 Å². The van der Waals surface area contributed by atoms with Gasteiger partial charge < -0.3 is 72.8 Å². The number of aliphatic hydroxyl groups is 8. The number of anilines is 2. The molecule has 2 atom stereocenters. The van der Waals surface area contributed by atoms with Gasteiger partial charge in [0.2, 0.25) is 11.8 Å². The molecular weight excluding hydrogens is 1440 g/mol. The molecule has 0 saturated heterocycles. The summed E-state index contributed by atoms with van der Waals surface area (Å²) in [6.07, 6.45) is -2.58. The van der Waals surface area contributed by atoms with Gasteiger partial charge in [0.25, 0.3) is 23.6 Å². The Labute approximate surface area is 406 Å². The number of rotatable bonds is 20. The number of amides is 6. The van der Waals surface area contributed by atoms with Crippen LogP contribution in [0.5, 0.6) is 0 Å². The molecule has 0 aromatic heterocycles. The van der Waals surface area contributed by atoms with Crippen LogP contribution in [0.4, 0.5) is 11.4 Å². The van der Waals surface area contributed by atoms with E-state index in [1.54, 1.807) is 136 Å². The second-order valence-corrected chi connectivity index (χ2v) is 18.3. The highest BCUT2D eigenvalue weighted by Gasteiger charge is 2.35. The molecule has 2 aromatic rings. The van der Waals surface area contributed by atoms with Gasteiger partial charge in [-0.05, 0) is 136 Å². The van der Waals surface area contributed by atoms with E-state index < -0.39 is 106 Å². The summed E-state index contributed by atoms with van der Waals surface area (Å²) in [5.41, 5.74) is -2.03. The van der Waals surface area contributed by atoms with E-state index in [2.05, 4.69) is 31.9 Å². The minimum atomic E-state index is -1.63. The second-order valence-electron chi connectivity index (χ2n) is 11.8. The fourth-order valence-electron chi connectivity index (χ4n) is 4.48. The Kier molecular flexibility index (Phi) is 22.7. The number of halogens is 6. The van der Waals surface area contributed by atoms with Gasteiger partial charge in [-0.2, -0.15) is 0 Å². The first-order valence-corrected chi connectivity index (χ1v) is 22.4. The van der Waals surface area contributed by atoms with Crippen molar-refractivity contribution < 1.29 is 69.6 Å². The zero-order valence-electron chi connectivity index (χ0n) is 29.0. The lowest BCUT2D eigenvalue weighted by atomic mass is 9.89. The number of hydrogen-bond acceptors (Lipinski definition) is 14. The van der Waals surface area contributed by atoms with Crippen molar-refractivity contribution in [3.05, 3.63) is 43.7 Å². The number of aliphatic hydroxyl groups excluding tert-OH is 8. The Balaban J connectivity index is 2.54. The maximum Gasteiger partial charge on any atom is 0.253 e. The van der Waals surface area contributed by atoms with Crippen molar-refractivity contribution >= 4 is 182 Å². The van der Waals surface area contributed by atoms with E-state index in [0.717, 1.165) is 0 Å². The molecule has 0 heterocycles. The van der Waals surface area contributed by atoms with E-state index in [0.29, 0.717) is 0 Å². The molecule has 57 heavy (non-hydrogen) atoms. The molecule has 0 aliphatic carbocycles. The molecule has 0 aliphatic heterocycles. The van der Waals surface area contributed by atoms with Crippen LogP contribution in [0.2, 0.25) is 0 Å². The third kappa shape index (κ3) is 13.7. The molecule has 14 N–H and O–H groups in total. The Hall–Kier alpha value is -0.680. The molecule has 2 aromatic carbocycles. The summed E-state index contributed by atoms with van der Waals surface area (Å²) in [4.78, 5) is 78.7. The smallest absolute Gasteiger partial charge is 0.253 e. The van der Waals surface area contributed by atoms with Crippen molar-refractivity contribution in [3.8, 4) is 0 Å². The topological polar surface area (TPSA) is 336 Å². The molecule has 0 saturated carbocycles. The molecule has 0 bridgehead atoms. The predicted molar refractivity (Wildman–Crippen MR) is 253 cm³/mol. The first-order valence-electron chi connectivity index (χ1n) is 15.9. The van der Waals surface area contributed by atoms with Crippen molar-refractivity contribution in [3.63, 3.8) is 0 Å². The van der Waals surface area contributed by atoms with Gasteiger partial charge >= 0.3 is 0 Å². The standard InChI is InChI=1S/C31H36I6N6O14/c32-19-15(27(54)38-1-11(50)3-44)21(34)25(42-13(52)5-46)23(36)17(19)29(56)40-7-31(9-48,10-49)8-41-30(57)18-20(33)16(28(55)39-2-12(51)4-45)22(35)26(24(18)37)43-14(53)6-47/h11-12,44-51H,1-10H2,(H,38,54)(H,39,55)(H,40,56)(H,41,57)(H,42,52)(H,43,53). The molecule has 20 nitrogen and oxygen atoms in total. The lowest BCUT2D eigenvalue weighted by Gasteiger charge is -2.31. The van der Waals surface area contributed by atoms with Crippen molar-refractivity contribution in [2.45, 2.75) is 12.2 Å². The number of carbonyl (C=O) groups is 6. The molecule has 6 amide bonds. The summed E-state index contributed by atoms with van der Waals surface area (Å²) >= 11 is 10.5. The van der Waals surface area contributed by atoms with Gasteiger partial charge in [0.05, 0.1) is 92.0 Å². The Morgan fingerprint density at radius 2 is 0.754 bits per heavy atom. The molecular formula is C31H36I6N6O14. The quantitative estimate of drug-likeness (QED) is 0.0670. The monoisotopic (exact) mass is 1480 g/mol. The first kappa shape index (κ1) is 52.5. The zero-order chi connectivity index (χ0) is 43.4. The Morgan fingerprint density at radius 3 is 1.00 bits per heavy atom. The largest absolute Gasteiger partial charge is 0.396 e. The predicted octanol–water partition coefficient (Wildman–Crippen LogP) is -1.53. The van der Waals surface area contributed by atoms with Crippen LogP contribution in [0.3, 0.4) is 0 Å². The van der Waals surface area contributed by atoms with Crippen LogP contribution >= 0.6 is 136 Å². The minimum absolute atomic E-state index is 0.00502. The number of carbonyl (C=O) groups excluding carboxylic acids is 6. The van der Waals surface area contributed by atoms with E-state index >= 15 is 0 Å². The third-order valence-corrected chi connectivity index (χ3v) is 14.2. The van der Waals surface area contributed by atoms with Gasteiger partial charge in [0, 0.05) is 33.3 Å². The van der Waals surface area contributed by atoms with Crippen LogP contribution < -0.4 is 31.9 Å². The van der Waals surface area contributed by atoms with Crippen molar-refractivity contribution in [1.29, 1.82) is 0 Å². The summed E-state index contributed by atoms with van der Waals surface area (Å²) in [5.74, 6) is -4.93. The van der Waals surface area contributed by atoms with Gasteiger partial charge in [0.15, 0.2) is 0 Å². The van der Waals surface area contributed by atoms with Crippen LogP contribution in [0, 0.1) is 26.8 Å². The fraction of sp³-hybridized carbons (Fsp3) is 0.419. The van der Waals surface area contributed by atoms with E-state index in [-0.39, 0.29) is 68.1 Å². The van der Waals surface area contributed by atoms with Crippen molar-refractivity contribution in [2.24, 2.45) is 5.41 Å². The highest BCUT2D eigenvalue weighted by atomic mass is 127. The molecule has 26 heteroatoms. The molecule has 316 valence electrons. The third-order valence-electron chi connectivity index (χ3n) is 7.69. The molecule has 2 unspecified atom stereocenters.